The normalized spacial score (nSPS) is 29.6. The first-order chi connectivity index (χ1) is 21.7. The van der Waals surface area contributed by atoms with E-state index in [9.17, 15) is 4.79 Å². The number of nitrogens with two attached hydrogens (primary N) is 1. The zero-order valence-electron chi connectivity index (χ0n) is 31.0. The quantitative estimate of drug-likeness (QED) is 0.191. The van der Waals surface area contributed by atoms with Crippen LogP contribution in [0.25, 0.3) is 0 Å². The Morgan fingerprint density at radius 1 is 0.717 bits per heavy atom. The Hall–Kier alpha value is -0.560. The van der Waals surface area contributed by atoms with Gasteiger partial charge in [-0.25, -0.2) is 4.79 Å². The first-order valence-corrected chi connectivity index (χ1v) is 19.9. The summed E-state index contributed by atoms with van der Waals surface area (Å²) in [5.74, 6) is 3.21. The van der Waals surface area contributed by atoms with E-state index in [1.807, 2.05) is 20.8 Å². The van der Waals surface area contributed by atoms with Crippen molar-refractivity contribution in [2.45, 2.75) is 181 Å². The van der Waals surface area contributed by atoms with Gasteiger partial charge in [0.05, 0.1) is 0 Å². The van der Waals surface area contributed by atoms with Crippen molar-refractivity contribution in [2.24, 2.45) is 29.4 Å². The highest BCUT2D eigenvalue weighted by molar-refractivity contribution is 5.85. The Morgan fingerprint density at radius 2 is 1.22 bits per heavy atom. The number of rotatable bonds is 13. The standard InChI is InChI=1S/C22H42N2O2.C17H34N2.ClH/c1-5-6-7-11-18-12-10-15-24(16-18)17-19-13-8-9-14-20(19)23-21(25)26-22(2,3)4;1-2-3-4-8-15-9-7-12-19(13-15)14-16-10-5-6-11-17(16)18;/h18-20H,5-17H2,1-4H3,(H,23,25);15-17H,2-14,18H2,1H3;1H/t18-,19?,20?;15-,16?,17?;/m00./s1. The summed E-state index contributed by atoms with van der Waals surface area (Å²) >= 11 is 0. The maximum atomic E-state index is 12.2. The molecule has 4 unspecified atom stereocenters. The second-order valence-corrected chi connectivity index (χ2v) is 16.5. The number of piperidine rings is 2. The van der Waals surface area contributed by atoms with Gasteiger partial charge in [-0.15, -0.1) is 12.4 Å². The molecule has 4 aliphatic rings. The molecule has 46 heavy (non-hydrogen) atoms. The lowest BCUT2D eigenvalue weighted by Gasteiger charge is -2.39. The van der Waals surface area contributed by atoms with Crippen molar-refractivity contribution in [3.8, 4) is 0 Å². The summed E-state index contributed by atoms with van der Waals surface area (Å²) in [5, 5.41) is 3.18. The van der Waals surface area contributed by atoms with Crippen molar-refractivity contribution in [1.29, 1.82) is 0 Å². The van der Waals surface area contributed by atoms with E-state index in [0.29, 0.717) is 12.0 Å². The molecule has 2 aliphatic carbocycles. The molecule has 0 aromatic carbocycles. The molecule has 0 bridgehead atoms. The van der Waals surface area contributed by atoms with Crippen molar-refractivity contribution in [3.63, 3.8) is 0 Å². The third-order valence-electron chi connectivity index (χ3n) is 11.2. The fourth-order valence-electron chi connectivity index (χ4n) is 8.67. The van der Waals surface area contributed by atoms with Crippen LogP contribution >= 0.6 is 12.4 Å². The molecule has 1 amide bonds. The molecule has 6 nitrogen and oxygen atoms in total. The minimum absolute atomic E-state index is 0. The number of hydrogen-bond donors (Lipinski definition) is 2. The molecule has 0 spiro atoms. The molecular weight excluding hydrogens is 592 g/mol. The summed E-state index contributed by atoms with van der Waals surface area (Å²) in [6.45, 7) is 18.0. The first kappa shape index (κ1) is 41.6. The highest BCUT2D eigenvalue weighted by atomic mass is 35.5. The number of carbonyl (C=O) groups excluding carboxylic acids is 1. The van der Waals surface area contributed by atoms with Crippen LogP contribution in [0.5, 0.6) is 0 Å². The Morgan fingerprint density at radius 3 is 1.74 bits per heavy atom. The van der Waals surface area contributed by atoms with Crippen molar-refractivity contribution < 1.29 is 9.53 Å². The Bertz CT molecular complexity index is 792. The lowest BCUT2D eigenvalue weighted by atomic mass is 9.83. The number of hydrogen-bond acceptors (Lipinski definition) is 5. The van der Waals surface area contributed by atoms with Gasteiger partial charge in [0, 0.05) is 38.3 Å². The van der Waals surface area contributed by atoms with E-state index in [0.717, 1.165) is 30.7 Å². The van der Waals surface area contributed by atoms with E-state index < -0.39 is 5.60 Å². The summed E-state index contributed by atoms with van der Waals surface area (Å²) in [6.07, 6.45) is 26.8. The van der Waals surface area contributed by atoms with Gasteiger partial charge >= 0.3 is 6.09 Å². The molecule has 0 aromatic heterocycles. The molecule has 7 heteroatoms. The minimum atomic E-state index is -0.424. The number of halogens is 1. The van der Waals surface area contributed by atoms with Crippen LogP contribution in [0.1, 0.15) is 163 Å². The number of likely N-dealkylation sites (tertiary alicyclic amines) is 2. The van der Waals surface area contributed by atoms with Gasteiger partial charge < -0.3 is 25.6 Å². The Kier molecular flexibility index (Phi) is 20.8. The summed E-state index contributed by atoms with van der Waals surface area (Å²) < 4.78 is 5.49. The van der Waals surface area contributed by atoms with Gasteiger partial charge in [-0.1, -0.05) is 78.1 Å². The van der Waals surface area contributed by atoms with Crippen LogP contribution in [-0.2, 0) is 4.74 Å². The zero-order chi connectivity index (χ0) is 32.5. The minimum Gasteiger partial charge on any atom is -0.444 e. The monoisotopic (exact) mass is 669 g/mol. The fraction of sp³-hybridized carbons (Fsp3) is 0.974. The van der Waals surface area contributed by atoms with Crippen LogP contribution in [0, 0.1) is 23.7 Å². The van der Waals surface area contributed by atoms with E-state index in [2.05, 4.69) is 29.0 Å². The SMILES string of the molecule is CCCCC[C@H]1CCCN(CC2CCCCC2N)C1.CCCCC[C@H]1CCCN(CC2CCCCC2NC(=O)OC(C)(C)C)C1.Cl. The van der Waals surface area contributed by atoms with Crippen LogP contribution in [0.3, 0.4) is 0 Å². The summed E-state index contributed by atoms with van der Waals surface area (Å²) in [5.41, 5.74) is 5.88. The molecule has 2 saturated heterocycles. The van der Waals surface area contributed by atoms with E-state index in [-0.39, 0.29) is 24.5 Å². The van der Waals surface area contributed by atoms with E-state index in [1.165, 1.54) is 155 Å². The lowest BCUT2D eigenvalue weighted by Crippen LogP contribution is -2.49. The van der Waals surface area contributed by atoms with Crippen LogP contribution in [0.2, 0.25) is 0 Å². The second kappa shape index (κ2) is 23.0. The summed E-state index contributed by atoms with van der Waals surface area (Å²) in [6, 6.07) is 0.758. The molecule has 2 aliphatic heterocycles. The molecule has 2 saturated carbocycles. The predicted molar refractivity (Wildman–Crippen MR) is 199 cm³/mol. The average Bonchev–Trinajstić information content (AvgIpc) is 3.00. The van der Waals surface area contributed by atoms with E-state index in [1.54, 1.807) is 0 Å². The second-order valence-electron chi connectivity index (χ2n) is 16.5. The van der Waals surface area contributed by atoms with Crippen molar-refractivity contribution >= 4 is 18.5 Å². The van der Waals surface area contributed by atoms with Crippen LogP contribution in [-0.4, -0.2) is 72.8 Å². The average molecular weight is 670 g/mol. The number of carbonyl (C=O) groups is 1. The number of alkyl carbamates (subject to hydrolysis) is 1. The molecule has 2 heterocycles. The fourth-order valence-corrected chi connectivity index (χ4v) is 8.67. The zero-order valence-corrected chi connectivity index (χ0v) is 31.9. The number of nitrogens with one attached hydrogen (secondary N) is 1. The molecule has 0 aromatic rings. The largest absolute Gasteiger partial charge is 0.444 e. The Balaban J connectivity index is 0.000000328. The molecule has 0 radical (unpaired) electrons. The maximum absolute atomic E-state index is 12.2. The van der Waals surface area contributed by atoms with Gasteiger partial charge in [0.1, 0.15) is 5.60 Å². The number of amides is 1. The van der Waals surface area contributed by atoms with Gasteiger partial charge in [-0.3, -0.25) is 0 Å². The van der Waals surface area contributed by atoms with Crippen LogP contribution in [0.4, 0.5) is 4.79 Å². The number of unbranched alkanes of at least 4 members (excludes halogenated alkanes) is 4. The first-order valence-electron chi connectivity index (χ1n) is 19.9. The molecule has 6 atom stereocenters. The van der Waals surface area contributed by atoms with E-state index >= 15 is 0 Å². The van der Waals surface area contributed by atoms with Gasteiger partial charge in [0.2, 0.25) is 0 Å². The highest BCUT2D eigenvalue weighted by Crippen LogP contribution is 2.30. The van der Waals surface area contributed by atoms with Gasteiger partial charge in [0.15, 0.2) is 0 Å². The smallest absolute Gasteiger partial charge is 0.407 e. The molecule has 4 fully saturated rings. The third kappa shape index (κ3) is 16.7. The van der Waals surface area contributed by atoms with Crippen molar-refractivity contribution in [1.82, 2.24) is 15.1 Å². The van der Waals surface area contributed by atoms with Crippen molar-refractivity contribution in [2.75, 3.05) is 39.3 Å². The Labute approximate surface area is 291 Å². The van der Waals surface area contributed by atoms with Gasteiger partial charge in [0.25, 0.3) is 0 Å². The van der Waals surface area contributed by atoms with Crippen molar-refractivity contribution in [3.05, 3.63) is 0 Å². The number of ether oxygens (including phenoxy) is 1. The third-order valence-corrected chi connectivity index (χ3v) is 11.2. The lowest BCUT2D eigenvalue weighted by molar-refractivity contribution is 0.0443. The summed E-state index contributed by atoms with van der Waals surface area (Å²) in [4.78, 5) is 17.6. The van der Waals surface area contributed by atoms with Crippen LogP contribution in [0.15, 0.2) is 0 Å². The topological polar surface area (TPSA) is 70.8 Å². The van der Waals surface area contributed by atoms with Crippen LogP contribution < -0.4 is 11.1 Å². The summed E-state index contributed by atoms with van der Waals surface area (Å²) in [7, 11) is 0. The molecule has 272 valence electrons. The van der Waals surface area contributed by atoms with E-state index in [4.69, 9.17) is 10.5 Å². The predicted octanol–water partition coefficient (Wildman–Crippen LogP) is 9.58. The number of nitrogens with zero attached hydrogens (tertiary/aromatic N) is 2. The maximum Gasteiger partial charge on any atom is 0.407 e. The van der Waals surface area contributed by atoms with Gasteiger partial charge in [-0.05, 0) is 122 Å². The molecular formula is C39H77ClN4O2. The highest BCUT2D eigenvalue weighted by Gasteiger charge is 2.31. The molecule has 4 rings (SSSR count). The molecule has 3 N–H and O–H groups in total. The van der Waals surface area contributed by atoms with Gasteiger partial charge in [-0.2, -0.15) is 0 Å².